The van der Waals surface area contributed by atoms with E-state index in [1.807, 2.05) is 6.08 Å². The first kappa shape index (κ1) is 7.09. The van der Waals surface area contributed by atoms with E-state index in [1.165, 1.54) is 0 Å². The summed E-state index contributed by atoms with van der Waals surface area (Å²) in [6.45, 7) is 0. The van der Waals surface area contributed by atoms with Gasteiger partial charge in [0, 0.05) is 5.69 Å². The molecule has 4 nitrogen and oxygen atoms in total. The van der Waals surface area contributed by atoms with Crippen LogP contribution in [0, 0.1) is 0 Å². The Morgan fingerprint density at radius 2 is 2.25 bits per heavy atom. The first-order valence-corrected chi connectivity index (χ1v) is 3.70. The highest BCUT2D eigenvalue weighted by Gasteiger charge is 2.10. The summed E-state index contributed by atoms with van der Waals surface area (Å²) in [5, 5.41) is 0. The van der Waals surface area contributed by atoms with Crippen LogP contribution >= 0.6 is 0 Å². The molecule has 0 saturated carbocycles. The van der Waals surface area contributed by atoms with E-state index in [1.54, 1.807) is 6.08 Å². The fourth-order valence-electron chi connectivity index (χ4n) is 1.27. The molecule has 0 saturated heterocycles. The van der Waals surface area contributed by atoms with Crippen molar-refractivity contribution < 1.29 is 4.42 Å². The molecule has 0 fully saturated rings. The molecule has 62 valence electrons. The monoisotopic (exact) mass is 165 g/mol. The SMILES string of the molecule is O=c1[nH]c2c(c(=O)o1)C=CCC2. The number of hydrogen-bond acceptors (Lipinski definition) is 3. The number of aromatic nitrogens is 1. The van der Waals surface area contributed by atoms with Gasteiger partial charge in [0.2, 0.25) is 0 Å². The summed E-state index contributed by atoms with van der Waals surface area (Å²) in [7, 11) is 0. The Morgan fingerprint density at radius 1 is 1.42 bits per heavy atom. The van der Waals surface area contributed by atoms with Crippen LogP contribution in [0.25, 0.3) is 6.08 Å². The van der Waals surface area contributed by atoms with Gasteiger partial charge in [-0.3, -0.25) is 4.98 Å². The van der Waals surface area contributed by atoms with Gasteiger partial charge < -0.3 is 4.42 Å². The van der Waals surface area contributed by atoms with E-state index in [-0.39, 0.29) is 0 Å². The second kappa shape index (κ2) is 2.48. The number of H-pyrrole nitrogens is 1. The number of allylic oxidation sites excluding steroid dienone is 1. The van der Waals surface area contributed by atoms with Gasteiger partial charge in [-0.2, -0.15) is 0 Å². The molecule has 0 amide bonds. The largest absolute Gasteiger partial charge is 0.419 e. The minimum Gasteiger partial charge on any atom is -0.372 e. The highest BCUT2D eigenvalue weighted by Crippen LogP contribution is 2.10. The average Bonchev–Trinajstić information content (AvgIpc) is 2.04. The molecule has 0 bridgehead atoms. The quantitative estimate of drug-likeness (QED) is 0.600. The van der Waals surface area contributed by atoms with Gasteiger partial charge >= 0.3 is 11.4 Å². The summed E-state index contributed by atoms with van der Waals surface area (Å²) < 4.78 is 4.36. The fourth-order valence-corrected chi connectivity index (χ4v) is 1.27. The Hall–Kier alpha value is -1.58. The topological polar surface area (TPSA) is 63.1 Å². The molecule has 1 aromatic rings. The lowest BCUT2D eigenvalue weighted by Gasteiger charge is -2.05. The van der Waals surface area contributed by atoms with Crippen LogP contribution in [0.15, 0.2) is 20.1 Å². The molecule has 1 N–H and O–H groups in total. The van der Waals surface area contributed by atoms with Gasteiger partial charge in [-0.1, -0.05) is 6.08 Å². The van der Waals surface area contributed by atoms with E-state index in [9.17, 15) is 9.59 Å². The summed E-state index contributed by atoms with van der Waals surface area (Å²) in [5.41, 5.74) is 0.601. The zero-order chi connectivity index (χ0) is 8.55. The Labute approximate surface area is 67.5 Å². The lowest BCUT2D eigenvalue weighted by molar-refractivity contribution is 0.441. The minimum absolute atomic E-state index is 0.473. The molecule has 2 rings (SSSR count). The van der Waals surface area contributed by atoms with Crippen molar-refractivity contribution in [1.82, 2.24) is 4.98 Å². The zero-order valence-corrected chi connectivity index (χ0v) is 6.29. The maximum Gasteiger partial charge on any atom is 0.419 e. The van der Waals surface area contributed by atoms with Crippen LogP contribution in [0.1, 0.15) is 17.7 Å². The smallest absolute Gasteiger partial charge is 0.372 e. The summed E-state index contributed by atoms with van der Waals surface area (Å²) in [6, 6.07) is 0. The Balaban J connectivity index is 2.79. The minimum atomic E-state index is -0.672. The normalized spacial score (nSPS) is 14.3. The van der Waals surface area contributed by atoms with Crippen LogP contribution in [-0.4, -0.2) is 4.98 Å². The maximum absolute atomic E-state index is 11.0. The van der Waals surface area contributed by atoms with Gasteiger partial charge in [-0.15, -0.1) is 0 Å². The van der Waals surface area contributed by atoms with Gasteiger partial charge in [0.15, 0.2) is 0 Å². The predicted octanol–water partition coefficient (Wildman–Crippen LogP) is 0.288. The van der Waals surface area contributed by atoms with Crippen molar-refractivity contribution in [2.45, 2.75) is 12.8 Å². The van der Waals surface area contributed by atoms with E-state index in [2.05, 4.69) is 9.40 Å². The highest BCUT2D eigenvalue weighted by atomic mass is 16.4. The van der Waals surface area contributed by atoms with E-state index in [0.29, 0.717) is 17.7 Å². The maximum atomic E-state index is 11.0. The van der Waals surface area contributed by atoms with Gasteiger partial charge in [0.25, 0.3) is 0 Å². The lowest BCUT2D eigenvalue weighted by Crippen LogP contribution is -2.21. The number of hydrogen-bond donors (Lipinski definition) is 1. The third kappa shape index (κ3) is 1.01. The first-order valence-electron chi connectivity index (χ1n) is 3.70. The third-order valence-electron chi connectivity index (χ3n) is 1.83. The van der Waals surface area contributed by atoms with Crippen LogP contribution < -0.4 is 11.4 Å². The predicted molar refractivity (Wildman–Crippen MR) is 43.0 cm³/mol. The van der Waals surface area contributed by atoms with Crippen molar-refractivity contribution in [1.29, 1.82) is 0 Å². The highest BCUT2D eigenvalue weighted by molar-refractivity contribution is 5.52. The third-order valence-corrected chi connectivity index (χ3v) is 1.83. The fraction of sp³-hybridized carbons (Fsp3) is 0.250. The number of fused-ring (bicyclic) bond motifs is 1. The van der Waals surface area contributed by atoms with Crippen molar-refractivity contribution in [2.24, 2.45) is 0 Å². The summed E-state index contributed by atoms with van der Waals surface area (Å²) in [4.78, 5) is 24.3. The van der Waals surface area contributed by atoms with Crippen molar-refractivity contribution in [2.75, 3.05) is 0 Å². The van der Waals surface area contributed by atoms with Crippen LogP contribution in [0.2, 0.25) is 0 Å². The molecule has 1 heterocycles. The average molecular weight is 165 g/mol. The molecule has 1 aromatic heterocycles. The van der Waals surface area contributed by atoms with Gasteiger partial charge in [-0.25, -0.2) is 9.59 Å². The second-order valence-electron chi connectivity index (χ2n) is 2.64. The first-order chi connectivity index (χ1) is 5.77. The van der Waals surface area contributed by atoms with Crippen molar-refractivity contribution in [3.8, 4) is 0 Å². The van der Waals surface area contributed by atoms with E-state index in [0.717, 1.165) is 6.42 Å². The van der Waals surface area contributed by atoms with Crippen molar-refractivity contribution >= 4 is 6.08 Å². The second-order valence-corrected chi connectivity index (χ2v) is 2.64. The number of nitrogens with one attached hydrogen (secondary N) is 1. The van der Waals surface area contributed by atoms with Gasteiger partial charge in [-0.05, 0) is 18.9 Å². The molecule has 0 aromatic carbocycles. The Bertz CT molecular complexity index is 438. The molecule has 1 aliphatic carbocycles. The standard InChI is InChI=1S/C8H7NO3/c10-7-5-3-1-2-4-6(5)9-8(11)12-7/h1,3H,2,4H2,(H,9,11). The van der Waals surface area contributed by atoms with Gasteiger partial charge in [0.1, 0.15) is 0 Å². The zero-order valence-electron chi connectivity index (χ0n) is 6.29. The number of aromatic amines is 1. The molecule has 0 atom stereocenters. The molecule has 1 aliphatic rings. The molecule has 12 heavy (non-hydrogen) atoms. The van der Waals surface area contributed by atoms with Crippen LogP contribution in [0.4, 0.5) is 0 Å². The number of rotatable bonds is 0. The molecule has 4 heteroatoms. The van der Waals surface area contributed by atoms with Crippen molar-refractivity contribution in [3.05, 3.63) is 38.3 Å². The lowest BCUT2D eigenvalue weighted by atomic mass is 10.1. The van der Waals surface area contributed by atoms with E-state index in [4.69, 9.17) is 0 Å². The summed E-state index contributed by atoms with van der Waals surface area (Å²) >= 11 is 0. The number of aryl methyl sites for hydroxylation is 1. The Kier molecular flexibility index (Phi) is 1.46. The van der Waals surface area contributed by atoms with E-state index < -0.39 is 11.4 Å². The van der Waals surface area contributed by atoms with Gasteiger partial charge in [0.05, 0.1) is 5.56 Å². The Morgan fingerprint density at radius 3 is 3.08 bits per heavy atom. The molecular weight excluding hydrogens is 158 g/mol. The van der Waals surface area contributed by atoms with Crippen LogP contribution in [0.3, 0.4) is 0 Å². The molecule has 0 unspecified atom stereocenters. The summed E-state index contributed by atoms with van der Waals surface area (Å²) in [5.74, 6) is -0.672. The molecule has 0 aliphatic heterocycles. The van der Waals surface area contributed by atoms with Crippen LogP contribution in [-0.2, 0) is 6.42 Å². The molecule has 0 spiro atoms. The van der Waals surface area contributed by atoms with Crippen LogP contribution in [0.5, 0.6) is 0 Å². The van der Waals surface area contributed by atoms with E-state index >= 15 is 0 Å². The molecule has 0 radical (unpaired) electrons. The van der Waals surface area contributed by atoms with Crippen molar-refractivity contribution in [3.63, 3.8) is 0 Å². The summed E-state index contributed by atoms with van der Waals surface area (Å²) in [6.07, 6.45) is 5.12. The molecular formula is C8H7NO3.